The monoisotopic (exact) mass is 264 g/mol. The van der Waals surface area contributed by atoms with E-state index in [2.05, 4.69) is 10.3 Å². The Morgan fingerprint density at radius 3 is 2.84 bits per heavy atom. The van der Waals surface area contributed by atoms with Crippen LogP contribution >= 0.6 is 0 Å². The molecule has 104 valence electrons. The molecule has 1 heterocycles. The number of rotatable bonds is 5. The van der Waals surface area contributed by atoms with Gasteiger partial charge in [-0.05, 0) is 24.8 Å². The number of hydrogen-bond donors (Lipinski definition) is 2. The fourth-order valence-electron chi connectivity index (χ4n) is 2.76. The molecule has 1 aromatic rings. The SMILES string of the molecule is NCC(Nc1ccncc1[N+](=O)[O-])C1CCCCC1. The van der Waals surface area contributed by atoms with Crippen LogP contribution in [0.15, 0.2) is 18.5 Å². The van der Waals surface area contributed by atoms with Gasteiger partial charge in [-0.25, -0.2) is 0 Å². The van der Waals surface area contributed by atoms with Crippen LogP contribution in [0.1, 0.15) is 32.1 Å². The highest BCUT2D eigenvalue weighted by molar-refractivity contribution is 5.60. The van der Waals surface area contributed by atoms with Gasteiger partial charge in [0.15, 0.2) is 0 Å². The number of pyridine rings is 1. The van der Waals surface area contributed by atoms with Crippen molar-refractivity contribution < 1.29 is 4.92 Å². The quantitative estimate of drug-likeness (QED) is 0.628. The lowest BCUT2D eigenvalue weighted by atomic mass is 9.84. The van der Waals surface area contributed by atoms with Gasteiger partial charge in [-0.2, -0.15) is 0 Å². The number of nitrogens with zero attached hydrogens (tertiary/aromatic N) is 2. The van der Waals surface area contributed by atoms with E-state index in [9.17, 15) is 10.1 Å². The van der Waals surface area contributed by atoms with E-state index in [-0.39, 0.29) is 11.7 Å². The van der Waals surface area contributed by atoms with Crippen molar-refractivity contribution in [2.75, 3.05) is 11.9 Å². The largest absolute Gasteiger partial charge is 0.375 e. The van der Waals surface area contributed by atoms with Crippen LogP contribution in [0.2, 0.25) is 0 Å². The molecule has 1 unspecified atom stereocenters. The Morgan fingerprint density at radius 2 is 2.21 bits per heavy atom. The first-order valence-electron chi connectivity index (χ1n) is 6.77. The summed E-state index contributed by atoms with van der Waals surface area (Å²) in [6, 6.07) is 1.74. The molecule has 1 atom stereocenters. The molecular weight excluding hydrogens is 244 g/mol. The summed E-state index contributed by atoms with van der Waals surface area (Å²) in [5.41, 5.74) is 6.36. The van der Waals surface area contributed by atoms with Crippen LogP contribution in [0.4, 0.5) is 11.4 Å². The summed E-state index contributed by atoms with van der Waals surface area (Å²) in [6.07, 6.45) is 8.85. The van der Waals surface area contributed by atoms with Gasteiger partial charge in [0.1, 0.15) is 11.9 Å². The Bertz CT molecular complexity index is 432. The third-order valence-electron chi connectivity index (χ3n) is 3.81. The summed E-state index contributed by atoms with van der Waals surface area (Å²) in [7, 11) is 0. The molecule has 0 amide bonds. The van der Waals surface area contributed by atoms with Crippen molar-refractivity contribution in [1.82, 2.24) is 4.98 Å². The summed E-state index contributed by atoms with van der Waals surface area (Å²) in [5, 5.41) is 14.2. The van der Waals surface area contributed by atoms with Gasteiger partial charge in [0.05, 0.1) is 4.92 Å². The molecule has 0 aliphatic heterocycles. The van der Waals surface area contributed by atoms with Gasteiger partial charge in [-0.1, -0.05) is 19.3 Å². The van der Waals surface area contributed by atoms with Crippen molar-refractivity contribution in [2.24, 2.45) is 11.7 Å². The van der Waals surface area contributed by atoms with E-state index in [0.29, 0.717) is 18.2 Å². The lowest BCUT2D eigenvalue weighted by Crippen LogP contribution is -2.37. The Morgan fingerprint density at radius 1 is 1.47 bits per heavy atom. The Balaban J connectivity index is 2.11. The molecule has 3 N–H and O–H groups in total. The molecule has 19 heavy (non-hydrogen) atoms. The van der Waals surface area contributed by atoms with Crippen LogP contribution in [-0.4, -0.2) is 22.5 Å². The summed E-state index contributed by atoms with van der Waals surface area (Å²) in [6.45, 7) is 0.490. The first kappa shape index (κ1) is 13.7. The van der Waals surface area contributed by atoms with Crippen molar-refractivity contribution >= 4 is 11.4 Å². The van der Waals surface area contributed by atoms with Crippen LogP contribution in [-0.2, 0) is 0 Å². The molecule has 6 nitrogen and oxygen atoms in total. The van der Waals surface area contributed by atoms with Crippen molar-refractivity contribution in [3.05, 3.63) is 28.6 Å². The zero-order chi connectivity index (χ0) is 13.7. The predicted octanol–water partition coefficient (Wildman–Crippen LogP) is 2.31. The van der Waals surface area contributed by atoms with E-state index >= 15 is 0 Å². The molecule has 0 radical (unpaired) electrons. The predicted molar refractivity (Wildman–Crippen MR) is 73.9 cm³/mol. The van der Waals surface area contributed by atoms with Crippen LogP contribution in [0.5, 0.6) is 0 Å². The van der Waals surface area contributed by atoms with E-state index in [0.717, 1.165) is 12.8 Å². The molecule has 2 rings (SSSR count). The number of anilines is 1. The number of nitrogens with one attached hydrogen (secondary N) is 1. The number of aromatic nitrogens is 1. The van der Waals surface area contributed by atoms with E-state index in [4.69, 9.17) is 5.73 Å². The minimum Gasteiger partial charge on any atom is -0.375 e. The second-order valence-corrected chi connectivity index (χ2v) is 5.03. The van der Waals surface area contributed by atoms with Crippen LogP contribution in [0.25, 0.3) is 0 Å². The van der Waals surface area contributed by atoms with Crippen LogP contribution in [0, 0.1) is 16.0 Å². The molecule has 0 saturated heterocycles. The highest BCUT2D eigenvalue weighted by Crippen LogP contribution is 2.30. The molecule has 1 saturated carbocycles. The Kier molecular flexibility index (Phi) is 4.68. The van der Waals surface area contributed by atoms with Crippen molar-refractivity contribution in [1.29, 1.82) is 0 Å². The molecule has 1 aliphatic rings. The summed E-state index contributed by atoms with van der Waals surface area (Å²) < 4.78 is 0. The van der Waals surface area contributed by atoms with Gasteiger partial charge < -0.3 is 11.1 Å². The topological polar surface area (TPSA) is 94.1 Å². The summed E-state index contributed by atoms with van der Waals surface area (Å²) >= 11 is 0. The minimum atomic E-state index is -0.413. The maximum Gasteiger partial charge on any atom is 0.310 e. The third kappa shape index (κ3) is 3.41. The van der Waals surface area contributed by atoms with Crippen LogP contribution in [0.3, 0.4) is 0 Å². The van der Waals surface area contributed by atoms with Gasteiger partial charge in [-0.15, -0.1) is 0 Å². The first-order valence-corrected chi connectivity index (χ1v) is 6.77. The fourth-order valence-corrected chi connectivity index (χ4v) is 2.76. The van der Waals surface area contributed by atoms with Crippen molar-refractivity contribution in [2.45, 2.75) is 38.1 Å². The number of nitro groups is 1. The molecule has 1 aliphatic carbocycles. The van der Waals surface area contributed by atoms with E-state index in [1.807, 2.05) is 0 Å². The van der Waals surface area contributed by atoms with E-state index in [1.54, 1.807) is 12.3 Å². The average molecular weight is 264 g/mol. The second kappa shape index (κ2) is 6.47. The van der Waals surface area contributed by atoms with Gasteiger partial charge in [-0.3, -0.25) is 15.1 Å². The van der Waals surface area contributed by atoms with Gasteiger partial charge in [0.25, 0.3) is 0 Å². The molecule has 0 bridgehead atoms. The highest BCUT2D eigenvalue weighted by Gasteiger charge is 2.24. The average Bonchev–Trinajstić information content (AvgIpc) is 2.46. The van der Waals surface area contributed by atoms with Gasteiger partial charge in [0, 0.05) is 18.8 Å². The zero-order valence-corrected chi connectivity index (χ0v) is 10.9. The highest BCUT2D eigenvalue weighted by atomic mass is 16.6. The van der Waals surface area contributed by atoms with Crippen LogP contribution < -0.4 is 11.1 Å². The van der Waals surface area contributed by atoms with Gasteiger partial charge in [0.2, 0.25) is 0 Å². The second-order valence-electron chi connectivity index (χ2n) is 5.03. The fraction of sp³-hybridized carbons (Fsp3) is 0.615. The zero-order valence-electron chi connectivity index (χ0n) is 10.9. The standard InChI is InChI=1S/C13H20N4O2/c14-8-12(10-4-2-1-3-5-10)16-11-6-7-15-9-13(11)17(18)19/h6-7,9-10,12H,1-5,8,14H2,(H,15,16). The minimum absolute atomic E-state index is 0.0109. The maximum absolute atomic E-state index is 11.0. The molecule has 1 fully saturated rings. The molecular formula is C13H20N4O2. The molecule has 0 spiro atoms. The Labute approximate surface area is 112 Å². The number of hydrogen-bond acceptors (Lipinski definition) is 5. The first-order chi connectivity index (χ1) is 9.22. The van der Waals surface area contributed by atoms with Crippen molar-refractivity contribution in [3.63, 3.8) is 0 Å². The molecule has 0 aromatic carbocycles. The lowest BCUT2D eigenvalue weighted by molar-refractivity contribution is -0.384. The molecule has 1 aromatic heterocycles. The molecule has 6 heteroatoms. The lowest BCUT2D eigenvalue weighted by Gasteiger charge is -2.30. The van der Waals surface area contributed by atoms with Gasteiger partial charge >= 0.3 is 5.69 Å². The Hall–Kier alpha value is -1.69. The normalized spacial score (nSPS) is 17.9. The van der Waals surface area contributed by atoms with E-state index in [1.165, 1.54) is 25.5 Å². The summed E-state index contributed by atoms with van der Waals surface area (Å²) in [4.78, 5) is 14.3. The van der Waals surface area contributed by atoms with E-state index < -0.39 is 4.92 Å². The smallest absolute Gasteiger partial charge is 0.310 e. The third-order valence-corrected chi connectivity index (χ3v) is 3.81. The maximum atomic E-state index is 11.0. The summed E-state index contributed by atoms with van der Waals surface area (Å²) in [5.74, 6) is 0.506. The van der Waals surface area contributed by atoms with Crippen molar-refractivity contribution in [3.8, 4) is 0 Å². The number of nitrogens with two attached hydrogens (primary N) is 1.